The highest BCUT2D eigenvalue weighted by Gasteiger charge is 2.23. The normalized spacial score (nSPS) is 17.0. The van der Waals surface area contributed by atoms with Gasteiger partial charge in [0.2, 0.25) is 5.91 Å². The predicted molar refractivity (Wildman–Crippen MR) is 101 cm³/mol. The zero-order chi connectivity index (χ0) is 19.1. The first kappa shape index (κ1) is 19.1. The number of H-pyrrole nitrogens is 1. The molecule has 7 nitrogen and oxygen atoms in total. The van der Waals surface area contributed by atoms with Gasteiger partial charge in [0.15, 0.2) is 0 Å². The lowest BCUT2D eigenvalue weighted by Crippen LogP contribution is -2.42. The Labute approximate surface area is 157 Å². The van der Waals surface area contributed by atoms with Crippen LogP contribution in [0.3, 0.4) is 0 Å². The van der Waals surface area contributed by atoms with Crippen molar-refractivity contribution < 1.29 is 9.53 Å². The van der Waals surface area contributed by atoms with Crippen molar-refractivity contribution in [3.05, 3.63) is 69.0 Å². The highest BCUT2D eigenvalue weighted by molar-refractivity contribution is 5.76. The van der Waals surface area contributed by atoms with Gasteiger partial charge in [-0.25, -0.2) is 4.79 Å². The summed E-state index contributed by atoms with van der Waals surface area (Å²) in [7, 11) is 0. The second-order valence-electron chi connectivity index (χ2n) is 6.90. The Balaban J connectivity index is 1.44. The Bertz CT molecular complexity index is 859. The number of likely N-dealkylation sites (tertiary alicyclic amines) is 1. The number of aryl methyl sites for hydroxylation is 1. The summed E-state index contributed by atoms with van der Waals surface area (Å²) in [5.41, 5.74) is 0.227. The average Bonchev–Trinajstić information content (AvgIpc) is 2.68. The van der Waals surface area contributed by atoms with E-state index in [0.717, 1.165) is 24.9 Å². The first-order valence-electron chi connectivity index (χ1n) is 9.31. The van der Waals surface area contributed by atoms with E-state index in [1.54, 1.807) is 0 Å². The molecular formula is C20H25N3O4. The fraction of sp³-hybridized carbons (Fsp3) is 0.450. The first-order valence-corrected chi connectivity index (χ1v) is 9.31. The van der Waals surface area contributed by atoms with Gasteiger partial charge in [0, 0.05) is 38.3 Å². The molecule has 1 aliphatic heterocycles. The van der Waals surface area contributed by atoms with Crippen LogP contribution in [0.1, 0.15) is 24.8 Å². The summed E-state index contributed by atoms with van der Waals surface area (Å²) in [4.78, 5) is 39.3. The van der Waals surface area contributed by atoms with Gasteiger partial charge in [-0.3, -0.25) is 14.6 Å². The standard InChI is InChI=1S/C20H25N3O4/c24-18-8-11-22(20(26)21-18)12-9-19(25)23-10-4-7-17(13-23)15-27-14-16-5-2-1-3-6-16/h1-3,5-6,8,11,17H,4,7,9-10,12-15H2,(H,21,24,26). The maximum absolute atomic E-state index is 12.5. The molecule has 1 unspecified atom stereocenters. The van der Waals surface area contributed by atoms with Gasteiger partial charge in [0.1, 0.15) is 0 Å². The van der Waals surface area contributed by atoms with Crippen LogP contribution in [-0.4, -0.2) is 40.1 Å². The minimum absolute atomic E-state index is 0.0286. The monoisotopic (exact) mass is 371 g/mol. The number of benzene rings is 1. The van der Waals surface area contributed by atoms with Crippen molar-refractivity contribution in [3.8, 4) is 0 Å². The lowest BCUT2D eigenvalue weighted by Gasteiger charge is -2.32. The quantitative estimate of drug-likeness (QED) is 0.797. The molecule has 1 aromatic heterocycles. The van der Waals surface area contributed by atoms with Gasteiger partial charge in [-0.1, -0.05) is 30.3 Å². The van der Waals surface area contributed by atoms with Crippen LogP contribution in [0.5, 0.6) is 0 Å². The van der Waals surface area contributed by atoms with Crippen molar-refractivity contribution in [2.75, 3.05) is 19.7 Å². The first-order chi connectivity index (χ1) is 13.1. The number of nitrogens with zero attached hydrogens (tertiary/aromatic N) is 2. The summed E-state index contributed by atoms with van der Waals surface area (Å²) in [6, 6.07) is 11.3. The molecule has 1 aliphatic rings. The van der Waals surface area contributed by atoms with Crippen molar-refractivity contribution in [2.45, 2.75) is 32.4 Å². The molecule has 7 heteroatoms. The van der Waals surface area contributed by atoms with Crippen LogP contribution in [0.15, 0.2) is 52.2 Å². The molecule has 0 saturated carbocycles. The third-order valence-electron chi connectivity index (χ3n) is 4.80. The molecule has 1 atom stereocenters. The molecule has 0 radical (unpaired) electrons. The van der Waals surface area contributed by atoms with E-state index < -0.39 is 11.2 Å². The Hall–Kier alpha value is -2.67. The largest absolute Gasteiger partial charge is 0.376 e. The summed E-state index contributed by atoms with van der Waals surface area (Å²) in [5.74, 6) is 0.364. The Morgan fingerprint density at radius 2 is 2.00 bits per heavy atom. The third-order valence-corrected chi connectivity index (χ3v) is 4.80. The predicted octanol–water partition coefficient (Wildman–Crippen LogP) is 1.38. The summed E-state index contributed by atoms with van der Waals surface area (Å²) in [5, 5.41) is 0. The van der Waals surface area contributed by atoms with Crippen molar-refractivity contribution in [1.82, 2.24) is 14.5 Å². The smallest absolute Gasteiger partial charge is 0.328 e. The van der Waals surface area contributed by atoms with Crippen molar-refractivity contribution in [1.29, 1.82) is 0 Å². The van der Waals surface area contributed by atoms with Crippen LogP contribution in [-0.2, 0) is 22.7 Å². The molecule has 0 spiro atoms. The lowest BCUT2D eigenvalue weighted by molar-refractivity contribution is -0.133. The van der Waals surface area contributed by atoms with E-state index in [4.69, 9.17) is 4.74 Å². The Morgan fingerprint density at radius 3 is 2.78 bits per heavy atom. The van der Waals surface area contributed by atoms with E-state index in [9.17, 15) is 14.4 Å². The average molecular weight is 371 g/mol. The number of aromatic amines is 1. The van der Waals surface area contributed by atoms with Crippen LogP contribution < -0.4 is 11.2 Å². The molecule has 1 amide bonds. The second kappa shape index (κ2) is 9.32. The molecule has 2 heterocycles. The maximum atomic E-state index is 12.5. The molecule has 27 heavy (non-hydrogen) atoms. The van der Waals surface area contributed by atoms with Crippen molar-refractivity contribution in [2.24, 2.45) is 5.92 Å². The molecule has 1 N–H and O–H groups in total. The van der Waals surface area contributed by atoms with E-state index in [2.05, 4.69) is 4.98 Å². The van der Waals surface area contributed by atoms with Crippen LogP contribution in [0.4, 0.5) is 0 Å². The van der Waals surface area contributed by atoms with Gasteiger partial charge in [-0.05, 0) is 24.3 Å². The number of amides is 1. The van der Waals surface area contributed by atoms with E-state index in [1.807, 2.05) is 35.2 Å². The summed E-state index contributed by atoms with van der Waals surface area (Å²) in [6.07, 6.45) is 3.68. The van der Waals surface area contributed by atoms with Crippen LogP contribution >= 0.6 is 0 Å². The topological polar surface area (TPSA) is 84.4 Å². The zero-order valence-corrected chi connectivity index (χ0v) is 15.3. The number of carbonyl (C=O) groups is 1. The van der Waals surface area contributed by atoms with Gasteiger partial charge < -0.3 is 14.2 Å². The number of nitrogens with one attached hydrogen (secondary N) is 1. The number of aromatic nitrogens is 2. The number of rotatable bonds is 7. The molecule has 2 aromatic rings. The van der Waals surface area contributed by atoms with E-state index >= 15 is 0 Å². The molecule has 1 saturated heterocycles. The Kier molecular flexibility index (Phi) is 6.59. The van der Waals surface area contributed by atoms with Gasteiger partial charge in [0.05, 0.1) is 13.2 Å². The second-order valence-corrected chi connectivity index (χ2v) is 6.90. The highest BCUT2D eigenvalue weighted by Crippen LogP contribution is 2.18. The highest BCUT2D eigenvalue weighted by atomic mass is 16.5. The van der Waals surface area contributed by atoms with Crippen molar-refractivity contribution in [3.63, 3.8) is 0 Å². The summed E-state index contributed by atoms with van der Waals surface area (Å²) < 4.78 is 7.18. The van der Waals surface area contributed by atoms with Crippen molar-refractivity contribution >= 4 is 5.91 Å². The van der Waals surface area contributed by atoms with Crippen LogP contribution in [0.25, 0.3) is 0 Å². The van der Waals surface area contributed by atoms with Gasteiger partial charge >= 0.3 is 5.69 Å². The molecule has 3 rings (SSSR count). The summed E-state index contributed by atoms with van der Waals surface area (Å²) >= 11 is 0. The third kappa shape index (κ3) is 5.65. The van der Waals surface area contributed by atoms with E-state index in [0.29, 0.717) is 25.7 Å². The minimum atomic E-state index is -0.485. The van der Waals surface area contributed by atoms with Gasteiger partial charge in [-0.2, -0.15) is 0 Å². The zero-order valence-electron chi connectivity index (χ0n) is 15.3. The Morgan fingerprint density at radius 1 is 1.19 bits per heavy atom. The fourth-order valence-corrected chi connectivity index (χ4v) is 3.34. The van der Waals surface area contributed by atoms with Crippen LogP contribution in [0, 0.1) is 5.92 Å². The molecule has 0 aliphatic carbocycles. The number of piperidine rings is 1. The summed E-state index contributed by atoms with van der Waals surface area (Å²) in [6.45, 7) is 2.92. The number of carbonyl (C=O) groups excluding carboxylic acids is 1. The number of ether oxygens (including phenoxy) is 1. The fourth-order valence-electron chi connectivity index (χ4n) is 3.34. The number of hydrogen-bond donors (Lipinski definition) is 1. The number of hydrogen-bond acceptors (Lipinski definition) is 4. The molecule has 0 bridgehead atoms. The molecule has 1 aromatic carbocycles. The van der Waals surface area contributed by atoms with Gasteiger partial charge in [-0.15, -0.1) is 0 Å². The van der Waals surface area contributed by atoms with Gasteiger partial charge in [0.25, 0.3) is 5.56 Å². The molecule has 1 fully saturated rings. The lowest BCUT2D eigenvalue weighted by atomic mass is 9.98. The van der Waals surface area contributed by atoms with E-state index in [-0.39, 0.29) is 18.9 Å². The maximum Gasteiger partial charge on any atom is 0.328 e. The van der Waals surface area contributed by atoms with Crippen LogP contribution in [0.2, 0.25) is 0 Å². The minimum Gasteiger partial charge on any atom is -0.376 e. The molecule has 144 valence electrons. The van der Waals surface area contributed by atoms with E-state index in [1.165, 1.54) is 16.8 Å². The molecular weight excluding hydrogens is 346 g/mol. The SMILES string of the molecule is O=C(CCn1ccc(=O)[nH]c1=O)N1CCCC(COCc2ccccc2)C1.